The molecule has 2 aromatic heterocycles. The van der Waals surface area contributed by atoms with E-state index in [1.807, 2.05) is 0 Å². The molecule has 0 bridgehead atoms. The fraction of sp³-hybridized carbons (Fsp3) is 0.455. The average Bonchev–Trinajstić information content (AvgIpc) is 3.02. The van der Waals surface area contributed by atoms with Gasteiger partial charge in [-0.15, -0.1) is 0 Å². The molecule has 0 spiro atoms. The molecule has 0 aliphatic carbocycles. The van der Waals surface area contributed by atoms with Crippen LogP contribution in [0, 0.1) is 0 Å². The highest BCUT2D eigenvalue weighted by Crippen LogP contribution is 2.32. The molecular formula is C11H12N4O7. The third-order valence-corrected chi connectivity index (χ3v) is 3.48. The van der Waals surface area contributed by atoms with Crippen LogP contribution < -0.4 is 5.56 Å². The monoisotopic (exact) mass is 312 g/mol. The summed E-state index contributed by atoms with van der Waals surface area (Å²) in [5.74, 6) is -1.60. The Morgan fingerprint density at radius 1 is 1.36 bits per heavy atom. The Balaban J connectivity index is 1.99. The van der Waals surface area contributed by atoms with Crippen molar-refractivity contribution in [1.29, 1.82) is 0 Å². The number of aliphatic hydroxyl groups excluding tert-OH is 3. The summed E-state index contributed by atoms with van der Waals surface area (Å²) in [6.07, 6.45) is -5.65. The second-order valence-corrected chi connectivity index (χ2v) is 4.81. The molecule has 22 heavy (non-hydrogen) atoms. The maximum Gasteiger partial charge on any atom is 0.335 e. The number of aliphatic carboxylic acids is 1. The van der Waals surface area contributed by atoms with Crippen LogP contribution in [0.2, 0.25) is 0 Å². The van der Waals surface area contributed by atoms with Gasteiger partial charge in [-0.2, -0.15) is 0 Å². The van der Waals surface area contributed by atoms with Gasteiger partial charge in [0.25, 0.3) is 5.56 Å². The summed E-state index contributed by atoms with van der Waals surface area (Å²) < 4.78 is 6.43. The van der Waals surface area contributed by atoms with E-state index >= 15 is 0 Å². The van der Waals surface area contributed by atoms with E-state index in [0.717, 1.165) is 6.33 Å². The van der Waals surface area contributed by atoms with Crippen molar-refractivity contribution < 1.29 is 30.0 Å². The lowest BCUT2D eigenvalue weighted by molar-refractivity contribution is -0.160. The van der Waals surface area contributed by atoms with Gasteiger partial charge in [0.1, 0.15) is 18.3 Å². The minimum absolute atomic E-state index is 0.00461. The summed E-state index contributed by atoms with van der Waals surface area (Å²) in [6, 6.07) is 0. The van der Waals surface area contributed by atoms with Gasteiger partial charge in [-0.05, 0) is 0 Å². The number of aromatic nitrogens is 4. The number of aromatic amines is 1. The van der Waals surface area contributed by atoms with Crippen molar-refractivity contribution in [3.05, 3.63) is 23.0 Å². The minimum atomic E-state index is -2.01. The van der Waals surface area contributed by atoms with Crippen LogP contribution in [-0.4, -0.2) is 70.3 Å². The van der Waals surface area contributed by atoms with Crippen molar-refractivity contribution in [2.75, 3.05) is 0 Å². The Morgan fingerprint density at radius 3 is 2.77 bits per heavy atom. The molecule has 11 heteroatoms. The van der Waals surface area contributed by atoms with Crippen LogP contribution in [-0.2, 0) is 9.53 Å². The molecule has 3 heterocycles. The first-order valence-corrected chi connectivity index (χ1v) is 6.24. The number of ether oxygens (including phenoxy) is 1. The summed E-state index contributed by atoms with van der Waals surface area (Å²) in [7, 11) is 0. The fourth-order valence-electron chi connectivity index (χ4n) is 2.37. The number of carboxylic acids is 1. The van der Waals surface area contributed by atoms with Gasteiger partial charge < -0.3 is 30.1 Å². The molecule has 11 nitrogen and oxygen atoms in total. The first kappa shape index (κ1) is 14.6. The lowest BCUT2D eigenvalue weighted by Gasteiger charge is -2.17. The predicted octanol–water partition coefficient (Wildman–Crippen LogP) is -2.82. The van der Waals surface area contributed by atoms with Crippen LogP contribution >= 0.6 is 0 Å². The topological polar surface area (TPSA) is 171 Å². The number of rotatable bonds is 3. The lowest BCUT2D eigenvalue weighted by Crippen LogP contribution is -2.42. The number of nitrogens with one attached hydrogen (secondary N) is 1. The zero-order chi connectivity index (χ0) is 16.0. The molecule has 0 amide bonds. The molecule has 3 unspecified atom stereocenters. The van der Waals surface area contributed by atoms with Crippen molar-refractivity contribution >= 4 is 17.1 Å². The fourth-order valence-corrected chi connectivity index (χ4v) is 2.37. The van der Waals surface area contributed by atoms with Gasteiger partial charge in [-0.1, -0.05) is 0 Å². The van der Waals surface area contributed by atoms with Crippen LogP contribution in [0.5, 0.6) is 0 Å². The number of hydrogen-bond acceptors (Lipinski definition) is 8. The Bertz CT molecular complexity index is 771. The number of carbonyl (C=O) groups is 1. The van der Waals surface area contributed by atoms with Crippen molar-refractivity contribution in [3.63, 3.8) is 0 Å². The molecule has 0 saturated carbocycles. The number of aliphatic hydroxyl groups is 3. The largest absolute Gasteiger partial charge is 0.479 e. The molecule has 0 radical (unpaired) electrons. The molecule has 1 fully saturated rings. The summed E-state index contributed by atoms with van der Waals surface area (Å²) in [6.45, 7) is 0. The normalized spacial score (nSPS) is 29.8. The second-order valence-electron chi connectivity index (χ2n) is 4.81. The smallest absolute Gasteiger partial charge is 0.335 e. The molecule has 1 aliphatic rings. The average molecular weight is 312 g/mol. The molecule has 3 rings (SSSR count). The van der Waals surface area contributed by atoms with Crippen LogP contribution in [0.15, 0.2) is 17.4 Å². The van der Waals surface area contributed by atoms with Gasteiger partial charge in [-0.3, -0.25) is 9.36 Å². The molecule has 1 saturated heterocycles. The van der Waals surface area contributed by atoms with Crippen molar-refractivity contribution in [3.8, 4) is 0 Å². The molecule has 118 valence electrons. The maximum absolute atomic E-state index is 11.6. The van der Waals surface area contributed by atoms with Crippen LogP contribution in [0.1, 0.15) is 6.23 Å². The molecule has 5 N–H and O–H groups in total. The molecule has 5 atom stereocenters. The highest BCUT2D eigenvalue weighted by atomic mass is 16.6. The predicted molar refractivity (Wildman–Crippen MR) is 67.7 cm³/mol. The van der Waals surface area contributed by atoms with Gasteiger partial charge in [0.15, 0.2) is 23.5 Å². The Hall–Kier alpha value is -2.34. The van der Waals surface area contributed by atoms with Gasteiger partial charge in [0.05, 0.1) is 12.7 Å². The zero-order valence-electron chi connectivity index (χ0n) is 10.9. The van der Waals surface area contributed by atoms with Gasteiger partial charge in [-0.25, -0.2) is 14.8 Å². The van der Waals surface area contributed by atoms with E-state index in [1.165, 1.54) is 10.9 Å². The molecule has 2 aromatic rings. The van der Waals surface area contributed by atoms with Crippen LogP contribution in [0.3, 0.4) is 0 Å². The van der Waals surface area contributed by atoms with Gasteiger partial charge in [0.2, 0.25) is 0 Å². The third-order valence-electron chi connectivity index (χ3n) is 3.48. The van der Waals surface area contributed by atoms with E-state index in [0.29, 0.717) is 0 Å². The molecular weight excluding hydrogens is 300 g/mol. The van der Waals surface area contributed by atoms with Gasteiger partial charge in [0, 0.05) is 0 Å². The van der Waals surface area contributed by atoms with E-state index in [9.17, 15) is 24.9 Å². The summed E-state index contributed by atoms with van der Waals surface area (Å²) >= 11 is 0. The van der Waals surface area contributed by atoms with Crippen molar-refractivity contribution in [2.45, 2.75) is 30.6 Å². The SMILES string of the molecule is O=C(O)C(O)[C@H]1O[C@@H](n2cnc3c(=O)[nH]cnc32)C(O)C1O. The van der Waals surface area contributed by atoms with Crippen molar-refractivity contribution in [1.82, 2.24) is 19.5 Å². The van der Waals surface area contributed by atoms with Crippen LogP contribution in [0.25, 0.3) is 11.2 Å². The highest BCUT2D eigenvalue weighted by Gasteiger charge is 2.49. The van der Waals surface area contributed by atoms with E-state index < -0.39 is 42.2 Å². The molecule has 1 aliphatic heterocycles. The standard InChI is InChI=1S/C11H12N4O7/c16-4-5(17)10(22-7(4)6(18)11(20)21)15-2-14-3-8(15)12-1-13-9(3)19/h1-2,4-7,10,16-18H,(H,20,21)(H,12,13,19)/t4?,5?,6?,7-,10+/m0/s1. The highest BCUT2D eigenvalue weighted by molar-refractivity contribution is 5.73. The summed E-state index contributed by atoms with van der Waals surface area (Å²) in [4.78, 5) is 32.4. The summed E-state index contributed by atoms with van der Waals surface area (Å²) in [5.41, 5.74) is -0.417. The third kappa shape index (κ3) is 2.07. The first-order valence-electron chi connectivity index (χ1n) is 6.24. The number of carboxylic acid groups (broad SMARTS) is 1. The van der Waals surface area contributed by atoms with E-state index in [1.54, 1.807) is 0 Å². The number of H-pyrrole nitrogens is 1. The number of imidazole rings is 1. The maximum atomic E-state index is 11.6. The Morgan fingerprint density at radius 2 is 2.09 bits per heavy atom. The number of fused-ring (bicyclic) bond motifs is 1. The first-order chi connectivity index (χ1) is 10.4. The Labute approximate surface area is 121 Å². The summed E-state index contributed by atoms with van der Waals surface area (Å²) in [5, 5.41) is 38.1. The molecule has 0 aromatic carbocycles. The van der Waals surface area contributed by atoms with Crippen LogP contribution in [0.4, 0.5) is 0 Å². The van der Waals surface area contributed by atoms with Crippen molar-refractivity contribution in [2.24, 2.45) is 0 Å². The van der Waals surface area contributed by atoms with E-state index in [2.05, 4.69) is 15.0 Å². The minimum Gasteiger partial charge on any atom is -0.479 e. The van der Waals surface area contributed by atoms with Gasteiger partial charge >= 0.3 is 5.97 Å². The van der Waals surface area contributed by atoms with E-state index in [4.69, 9.17) is 9.84 Å². The number of hydrogen-bond donors (Lipinski definition) is 5. The van der Waals surface area contributed by atoms with E-state index in [-0.39, 0.29) is 11.2 Å². The zero-order valence-corrected chi connectivity index (χ0v) is 10.9. The second kappa shape index (κ2) is 5.14. The Kier molecular flexibility index (Phi) is 3.41. The lowest BCUT2D eigenvalue weighted by atomic mass is 10.1. The number of nitrogens with zero attached hydrogens (tertiary/aromatic N) is 3. The quantitative estimate of drug-likeness (QED) is 0.401.